The molecule has 0 aliphatic heterocycles. The molecule has 0 aliphatic rings. The van der Waals surface area contributed by atoms with Gasteiger partial charge in [0.2, 0.25) is 5.91 Å². The predicted molar refractivity (Wildman–Crippen MR) is 70.7 cm³/mol. The second-order valence-electron chi connectivity index (χ2n) is 4.07. The lowest BCUT2D eigenvalue weighted by Gasteiger charge is -2.12. The van der Waals surface area contributed by atoms with Crippen LogP contribution in [-0.4, -0.2) is 24.9 Å². The molecule has 1 amide bonds. The Bertz CT molecular complexity index is 424. The molecule has 20 heavy (non-hydrogen) atoms. The molecule has 1 atom stereocenters. The summed E-state index contributed by atoms with van der Waals surface area (Å²) in [6.45, 7) is 2.09. The van der Waals surface area contributed by atoms with Crippen LogP contribution in [0.5, 0.6) is 5.75 Å². The van der Waals surface area contributed by atoms with E-state index in [4.69, 9.17) is 5.73 Å². The van der Waals surface area contributed by atoms with Crippen molar-refractivity contribution in [3.8, 4) is 5.75 Å². The molecule has 0 saturated heterocycles. The van der Waals surface area contributed by atoms with Crippen molar-refractivity contribution in [2.75, 3.05) is 6.54 Å². The van der Waals surface area contributed by atoms with Crippen molar-refractivity contribution in [1.29, 1.82) is 0 Å². The van der Waals surface area contributed by atoms with Crippen LogP contribution in [-0.2, 0) is 11.2 Å². The number of nitrogens with two attached hydrogens (primary N) is 1. The molecule has 4 nitrogen and oxygen atoms in total. The van der Waals surface area contributed by atoms with E-state index in [2.05, 4.69) is 10.1 Å². The summed E-state index contributed by atoms with van der Waals surface area (Å²) in [6.07, 6.45) is -4.63. The molecule has 0 aromatic heterocycles. The molecule has 0 saturated carbocycles. The van der Waals surface area contributed by atoms with Crippen molar-refractivity contribution < 1.29 is 22.7 Å². The third-order valence-electron chi connectivity index (χ3n) is 2.28. The van der Waals surface area contributed by atoms with Gasteiger partial charge in [-0.05, 0) is 24.6 Å². The van der Waals surface area contributed by atoms with Gasteiger partial charge in [-0.2, -0.15) is 0 Å². The molecule has 0 unspecified atom stereocenters. The van der Waals surface area contributed by atoms with Crippen molar-refractivity contribution in [2.24, 2.45) is 5.73 Å². The Morgan fingerprint density at radius 3 is 2.35 bits per heavy atom. The van der Waals surface area contributed by atoms with E-state index in [0.29, 0.717) is 12.1 Å². The van der Waals surface area contributed by atoms with Gasteiger partial charge in [0, 0.05) is 12.6 Å². The number of carbonyl (C=O) groups is 1. The van der Waals surface area contributed by atoms with E-state index in [9.17, 15) is 18.0 Å². The highest BCUT2D eigenvalue weighted by Crippen LogP contribution is 2.22. The molecule has 0 bridgehead atoms. The zero-order chi connectivity index (χ0) is 14.5. The average Bonchev–Trinajstić information content (AvgIpc) is 2.29. The molecule has 1 aromatic carbocycles. The highest BCUT2D eigenvalue weighted by Gasteiger charge is 2.30. The van der Waals surface area contributed by atoms with Gasteiger partial charge in [-0.25, -0.2) is 0 Å². The Kier molecular flexibility index (Phi) is 7.38. The summed E-state index contributed by atoms with van der Waals surface area (Å²) in [7, 11) is 0. The molecule has 3 N–H and O–H groups in total. The normalized spacial score (nSPS) is 12.2. The lowest BCUT2D eigenvalue weighted by molar-refractivity contribution is -0.274. The summed E-state index contributed by atoms with van der Waals surface area (Å²) >= 11 is 0. The van der Waals surface area contributed by atoms with Crippen molar-refractivity contribution in [1.82, 2.24) is 5.32 Å². The Balaban J connectivity index is 0.00000361. The first-order valence-electron chi connectivity index (χ1n) is 5.64. The van der Waals surface area contributed by atoms with Gasteiger partial charge in [-0.1, -0.05) is 12.1 Å². The van der Waals surface area contributed by atoms with Crippen molar-refractivity contribution in [3.05, 3.63) is 29.8 Å². The predicted octanol–water partition coefficient (Wildman–Crippen LogP) is 2.01. The second kappa shape index (κ2) is 7.96. The van der Waals surface area contributed by atoms with Crippen LogP contribution in [0.2, 0.25) is 0 Å². The largest absolute Gasteiger partial charge is 0.573 e. The van der Waals surface area contributed by atoms with Crippen molar-refractivity contribution in [2.45, 2.75) is 25.7 Å². The van der Waals surface area contributed by atoms with Crippen LogP contribution in [0.25, 0.3) is 0 Å². The zero-order valence-corrected chi connectivity index (χ0v) is 11.6. The van der Waals surface area contributed by atoms with Gasteiger partial charge in [-0.3, -0.25) is 4.79 Å². The smallest absolute Gasteiger partial charge is 0.406 e. The number of alkyl halides is 3. The van der Waals surface area contributed by atoms with E-state index in [1.165, 1.54) is 24.3 Å². The highest BCUT2D eigenvalue weighted by atomic mass is 35.5. The Morgan fingerprint density at radius 2 is 1.90 bits per heavy atom. The minimum atomic E-state index is -4.71. The van der Waals surface area contributed by atoms with E-state index < -0.39 is 6.36 Å². The van der Waals surface area contributed by atoms with Gasteiger partial charge in [-0.15, -0.1) is 25.6 Å². The number of rotatable bonds is 5. The Hall–Kier alpha value is -1.47. The van der Waals surface area contributed by atoms with Crippen molar-refractivity contribution >= 4 is 18.3 Å². The number of hydrogen-bond acceptors (Lipinski definition) is 3. The zero-order valence-electron chi connectivity index (χ0n) is 10.7. The first-order chi connectivity index (χ1) is 8.80. The minimum absolute atomic E-state index is 0. The molecule has 1 aromatic rings. The van der Waals surface area contributed by atoms with E-state index in [1.54, 1.807) is 6.92 Å². The fraction of sp³-hybridized carbons (Fsp3) is 0.417. The first-order valence-corrected chi connectivity index (χ1v) is 5.64. The molecule has 1 rings (SSSR count). The van der Waals surface area contributed by atoms with Crippen LogP contribution in [0.1, 0.15) is 12.5 Å². The van der Waals surface area contributed by atoms with Crippen LogP contribution in [0.4, 0.5) is 13.2 Å². The number of nitrogens with one attached hydrogen (secondary N) is 1. The van der Waals surface area contributed by atoms with Crippen LogP contribution in [0.15, 0.2) is 24.3 Å². The summed E-state index contributed by atoms with van der Waals surface area (Å²) < 4.78 is 39.5. The summed E-state index contributed by atoms with van der Waals surface area (Å²) in [6, 6.07) is 5.02. The summed E-state index contributed by atoms with van der Waals surface area (Å²) in [5, 5.41) is 2.66. The SMILES string of the molecule is C[C@@H](CN)NC(=O)Cc1ccc(OC(F)(F)F)cc1.Cl. The molecule has 0 heterocycles. The lowest BCUT2D eigenvalue weighted by atomic mass is 10.1. The standard InChI is InChI=1S/C12H15F3N2O2.ClH/c1-8(7-16)17-11(18)6-9-2-4-10(5-3-9)19-12(13,14)15;/h2-5,8H,6-7,16H2,1H3,(H,17,18);1H/t8-;/m0./s1. The molecule has 0 fully saturated rings. The minimum Gasteiger partial charge on any atom is -0.406 e. The highest BCUT2D eigenvalue weighted by molar-refractivity contribution is 5.85. The number of amides is 1. The Labute approximate surface area is 120 Å². The third kappa shape index (κ3) is 7.20. The number of carbonyl (C=O) groups excluding carboxylic acids is 1. The van der Waals surface area contributed by atoms with Gasteiger partial charge < -0.3 is 15.8 Å². The molecule has 114 valence electrons. The maximum Gasteiger partial charge on any atom is 0.573 e. The van der Waals surface area contributed by atoms with Gasteiger partial charge in [0.15, 0.2) is 0 Å². The number of ether oxygens (including phenoxy) is 1. The fourth-order valence-corrected chi connectivity index (χ4v) is 1.38. The topological polar surface area (TPSA) is 64.3 Å². The maximum absolute atomic E-state index is 11.9. The summed E-state index contributed by atoms with van der Waals surface area (Å²) in [4.78, 5) is 11.5. The van der Waals surface area contributed by atoms with E-state index >= 15 is 0 Å². The molecular formula is C12H16ClF3N2O2. The van der Waals surface area contributed by atoms with Crippen LogP contribution in [0, 0.1) is 0 Å². The van der Waals surface area contributed by atoms with Crippen LogP contribution in [0.3, 0.4) is 0 Å². The molecule has 0 spiro atoms. The maximum atomic E-state index is 11.9. The number of benzene rings is 1. The summed E-state index contributed by atoms with van der Waals surface area (Å²) in [5.74, 6) is -0.547. The first kappa shape index (κ1) is 18.5. The molecule has 0 aliphatic carbocycles. The second-order valence-corrected chi connectivity index (χ2v) is 4.07. The Morgan fingerprint density at radius 1 is 1.35 bits per heavy atom. The lowest BCUT2D eigenvalue weighted by Crippen LogP contribution is -2.38. The van der Waals surface area contributed by atoms with Crippen LogP contribution >= 0.6 is 12.4 Å². The van der Waals surface area contributed by atoms with Gasteiger partial charge in [0.05, 0.1) is 6.42 Å². The molecule has 0 radical (unpaired) electrons. The molecule has 8 heteroatoms. The molecular weight excluding hydrogens is 297 g/mol. The van der Waals surface area contributed by atoms with E-state index in [-0.39, 0.29) is 36.5 Å². The fourth-order valence-electron chi connectivity index (χ4n) is 1.38. The number of halogens is 4. The van der Waals surface area contributed by atoms with E-state index in [1.807, 2.05) is 0 Å². The van der Waals surface area contributed by atoms with E-state index in [0.717, 1.165) is 0 Å². The number of hydrogen-bond donors (Lipinski definition) is 2. The average molecular weight is 313 g/mol. The van der Waals surface area contributed by atoms with Gasteiger partial charge in [0.25, 0.3) is 0 Å². The van der Waals surface area contributed by atoms with Gasteiger partial charge in [0.1, 0.15) is 5.75 Å². The summed E-state index contributed by atoms with van der Waals surface area (Å²) in [5.41, 5.74) is 5.95. The van der Waals surface area contributed by atoms with Crippen LogP contribution < -0.4 is 15.8 Å². The monoisotopic (exact) mass is 312 g/mol. The van der Waals surface area contributed by atoms with Gasteiger partial charge >= 0.3 is 6.36 Å². The van der Waals surface area contributed by atoms with Crippen molar-refractivity contribution in [3.63, 3.8) is 0 Å². The third-order valence-corrected chi connectivity index (χ3v) is 2.28. The quantitative estimate of drug-likeness (QED) is 0.874.